The predicted octanol–water partition coefficient (Wildman–Crippen LogP) is 3.39. The lowest BCUT2D eigenvalue weighted by Crippen LogP contribution is -2.08. The van der Waals surface area contributed by atoms with E-state index in [1.165, 1.54) is 25.7 Å². The minimum absolute atomic E-state index is 0.00932. The standard InChI is InChI=1S/C14H14ClF2N3O2/c1-21-11-3-2-9(6-12(11)22-14(16)17)4-5-19-13-10(15)7-18-8-20-13/h2-3,6-8,14H,4-5H2,1H3,(H,18,19,20). The van der Waals surface area contributed by atoms with Crippen LogP contribution in [0.25, 0.3) is 0 Å². The van der Waals surface area contributed by atoms with E-state index in [9.17, 15) is 8.78 Å². The average molecular weight is 330 g/mol. The Kier molecular flexibility index (Phi) is 5.71. The van der Waals surface area contributed by atoms with E-state index in [2.05, 4.69) is 20.0 Å². The maximum Gasteiger partial charge on any atom is 0.387 e. The van der Waals surface area contributed by atoms with Crippen molar-refractivity contribution in [2.45, 2.75) is 13.0 Å². The Morgan fingerprint density at radius 3 is 2.82 bits per heavy atom. The first-order chi connectivity index (χ1) is 10.6. The first-order valence-electron chi connectivity index (χ1n) is 6.41. The molecular formula is C14H14ClF2N3O2. The van der Waals surface area contributed by atoms with Gasteiger partial charge in [0, 0.05) is 6.54 Å². The van der Waals surface area contributed by atoms with E-state index in [1.54, 1.807) is 12.1 Å². The smallest absolute Gasteiger partial charge is 0.387 e. The maximum atomic E-state index is 12.4. The van der Waals surface area contributed by atoms with Crippen molar-refractivity contribution in [3.63, 3.8) is 0 Å². The fraction of sp³-hybridized carbons (Fsp3) is 0.286. The van der Waals surface area contributed by atoms with Crippen LogP contribution < -0.4 is 14.8 Å². The number of aromatic nitrogens is 2. The van der Waals surface area contributed by atoms with Crippen molar-refractivity contribution in [1.29, 1.82) is 0 Å². The Labute approximate surface area is 131 Å². The third-order valence-corrected chi connectivity index (χ3v) is 3.09. The number of alkyl halides is 2. The van der Waals surface area contributed by atoms with E-state index in [-0.39, 0.29) is 11.5 Å². The minimum atomic E-state index is -2.90. The van der Waals surface area contributed by atoms with Crippen LogP contribution in [-0.4, -0.2) is 30.2 Å². The Morgan fingerprint density at radius 1 is 1.32 bits per heavy atom. The van der Waals surface area contributed by atoms with Crippen molar-refractivity contribution in [1.82, 2.24) is 9.97 Å². The van der Waals surface area contributed by atoms with Crippen molar-refractivity contribution in [2.24, 2.45) is 0 Å². The van der Waals surface area contributed by atoms with Gasteiger partial charge in [0.1, 0.15) is 17.2 Å². The number of ether oxygens (including phenoxy) is 2. The van der Waals surface area contributed by atoms with Gasteiger partial charge in [-0.25, -0.2) is 9.97 Å². The molecule has 0 amide bonds. The highest BCUT2D eigenvalue weighted by Crippen LogP contribution is 2.29. The number of halogens is 3. The van der Waals surface area contributed by atoms with Crippen LogP contribution in [0.2, 0.25) is 5.02 Å². The molecule has 0 saturated heterocycles. The SMILES string of the molecule is COc1ccc(CCNc2ncncc2Cl)cc1OC(F)F. The van der Waals surface area contributed by atoms with Gasteiger partial charge in [0.05, 0.1) is 13.3 Å². The first kappa shape index (κ1) is 16.2. The summed E-state index contributed by atoms with van der Waals surface area (Å²) in [5.74, 6) is 0.792. The number of hydrogen-bond acceptors (Lipinski definition) is 5. The van der Waals surface area contributed by atoms with E-state index in [0.717, 1.165) is 5.56 Å². The highest BCUT2D eigenvalue weighted by molar-refractivity contribution is 6.32. The quantitative estimate of drug-likeness (QED) is 0.843. The number of methoxy groups -OCH3 is 1. The summed E-state index contributed by atoms with van der Waals surface area (Å²) in [6.45, 7) is -2.38. The molecule has 0 saturated carbocycles. The van der Waals surface area contributed by atoms with Gasteiger partial charge >= 0.3 is 6.61 Å². The topological polar surface area (TPSA) is 56.3 Å². The molecule has 118 valence electrons. The summed E-state index contributed by atoms with van der Waals surface area (Å²) in [4.78, 5) is 7.78. The molecular weight excluding hydrogens is 316 g/mol. The van der Waals surface area contributed by atoms with Crippen LogP contribution in [0.4, 0.5) is 14.6 Å². The monoisotopic (exact) mass is 329 g/mol. The highest BCUT2D eigenvalue weighted by atomic mass is 35.5. The van der Waals surface area contributed by atoms with Crippen LogP contribution in [0.15, 0.2) is 30.7 Å². The summed E-state index contributed by atoms with van der Waals surface area (Å²) in [5, 5.41) is 3.46. The summed E-state index contributed by atoms with van der Waals surface area (Å²) in [6, 6.07) is 4.89. The Morgan fingerprint density at radius 2 is 2.14 bits per heavy atom. The predicted molar refractivity (Wildman–Crippen MR) is 78.9 cm³/mol. The molecule has 0 spiro atoms. The molecule has 22 heavy (non-hydrogen) atoms. The maximum absolute atomic E-state index is 12.4. The Hall–Kier alpha value is -2.15. The van der Waals surface area contributed by atoms with Crippen molar-refractivity contribution in [2.75, 3.05) is 19.0 Å². The molecule has 0 aliphatic heterocycles. The van der Waals surface area contributed by atoms with E-state index in [4.69, 9.17) is 16.3 Å². The van der Waals surface area contributed by atoms with Gasteiger partial charge in [0.25, 0.3) is 0 Å². The number of hydrogen-bond donors (Lipinski definition) is 1. The van der Waals surface area contributed by atoms with Gasteiger partial charge < -0.3 is 14.8 Å². The molecule has 2 rings (SSSR count). The van der Waals surface area contributed by atoms with Crippen LogP contribution in [-0.2, 0) is 6.42 Å². The van der Waals surface area contributed by atoms with Crippen LogP contribution in [0, 0.1) is 0 Å². The number of benzene rings is 1. The summed E-state index contributed by atoms with van der Waals surface area (Å²) >= 11 is 5.92. The zero-order chi connectivity index (χ0) is 15.9. The molecule has 0 radical (unpaired) electrons. The zero-order valence-corrected chi connectivity index (χ0v) is 12.5. The molecule has 8 heteroatoms. The largest absolute Gasteiger partial charge is 0.493 e. The molecule has 0 bridgehead atoms. The second-order valence-corrected chi connectivity index (χ2v) is 4.67. The molecule has 0 aliphatic carbocycles. The van der Waals surface area contributed by atoms with E-state index >= 15 is 0 Å². The molecule has 1 aromatic carbocycles. The third kappa shape index (κ3) is 4.42. The Balaban J connectivity index is 1.99. The van der Waals surface area contributed by atoms with Crippen LogP contribution in [0.3, 0.4) is 0 Å². The molecule has 0 aliphatic rings. The average Bonchev–Trinajstić information content (AvgIpc) is 2.49. The summed E-state index contributed by atoms with van der Waals surface area (Å²) < 4.78 is 34.2. The summed E-state index contributed by atoms with van der Waals surface area (Å²) in [7, 11) is 1.39. The molecule has 0 unspecified atom stereocenters. The minimum Gasteiger partial charge on any atom is -0.493 e. The Bertz CT molecular complexity index is 629. The van der Waals surface area contributed by atoms with E-state index in [0.29, 0.717) is 23.8 Å². The van der Waals surface area contributed by atoms with Gasteiger partial charge in [-0.05, 0) is 24.1 Å². The molecule has 2 aromatic rings. The van der Waals surface area contributed by atoms with Gasteiger partial charge in [-0.15, -0.1) is 0 Å². The van der Waals surface area contributed by atoms with Gasteiger partial charge in [-0.2, -0.15) is 8.78 Å². The fourth-order valence-electron chi connectivity index (χ4n) is 1.83. The summed E-state index contributed by atoms with van der Waals surface area (Å²) in [5.41, 5.74) is 0.814. The number of anilines is 1. The van der Waals surface area contributed by atoms with Crippen LogP contribution in [0.1, 0.15) is 5.56 Å². The van der Waals surface area contributed by atoms with Crippen molar-refractivity contribution in [3.05, 3.63) is 41.3 Å². The van der Waals surface area contributed by atoms with Gasteiger partial charge in [0.2, 0.25) is 0 Å². The molecule has 1 N–H and O–H groups in total. The molecule has 1 aromatic heterocycles. The molecule has 5 nitrogen and oxygen atoms in total. The van der Waals surface area contributed by atoms with Gasteiger partial charge in [-0.1, -0.05) is 17.7 Å². The lowest BCUT2D eigenvalue weighted by Gasteiger charge is -2.12. The highest BCUT2D eigenvalue weighted by Gasteiger charge is 2.11. The lowest BCUT2D eigenvalue weighted by molar-refractivity contribution is -0.0512. The number of nitrogens with zero attached hydrogens (tertiary/aromatic N) is 2. The van der Waals surface area contributed by atoms with Crippen molar-refractivity contribution in [3.8, 4) is 11.5 Å². The second-order valence-electron chi connectivity index (χ2n) is 4.26. The molecule has 0 fully saturated rings. The second kappa shape index (κ2) is 7.74. The lowest BCUT2D eigenvalue weighted by atomic mass is 10.1. The van der Waals surface area contributed by atoms with E-state index in [1.807, 2.05) is 0 Å². The van der Waals surface area contributed by atoms with Crippen LogP contribution >= 0.6 is 11.6 Å². The van der Waals surface area contributed by atoms with E-state index < -0.39 is 6.61 Å². The zero-order valence-electron chi connectivity index (χ0n) is 11.7. The molecule has 1 heterocycles. The normalized spacial score (nSPS) is 10.6. The molecule has 0 atom stereocenters. The van der Waals surface area contributed by atoms with Crippen molar-refractivity contribution >= 4 is 17.4 Å². The number of rotatable bonds is 7. The van der Waals surface area contributed by atoms with Crippen molar-refractivity contribution < 1.29 is 18.3 Å². The van der Waals surface area contributed by atoms with Gasteiger partial charge in [0.15, 0.2) is 11.5 Å². The van der Waals surface area contributed by atoms with Crippen LogP contribution in [0.5, 0.6) is 11.5 Å². The summed E-state index contributed by atoms with van der Waals surface area (Å²) in [6.07, 6.45) is 3.44. The fourth-order valence-corrected chi connectivity index (χ4v) is 2.00. The number of nitrogens with one attached hydrogen (secondary N) is 1. The third-order valence-electron chi connectivity index (χ3n) is 2.82. The first-order valence-corrected chi connectivity index (χ1v) is 6.79. The van der Waals surface area contributed by atoms with Gasteiger partial charge in [-0.3, -0.25) is 0 Å².